The third kappa shape index (κ3) is 4.84. The van der Waals surface area contributed by atoms with Gasteiger partial charge in [0, 0.05) is 5.56 Å². The summed E-state index contributed by atoms with van der Waals surface area (Å²) < 4.78 is 21.4. The highest BCUT2D eigenvalue weighted by Crippen LogP contribution is 2.38. The number of benzene rings is 2. The molecule has 6 heteroatoms. The van der Waals surface area contributed by atoms with Crippen molar-refractivity contribution in [2.75, 3.05) is 28.4 Å². The van der Waals surface area contributed by atoms with Gasteiger partial charge in [-0.1, -0.05) is 25.1 Å². The molecule has 0 bridgehead atoms. The van der Waals surface area contributed by atoms with E-state index in [0.29, 0.717) is 17.2 Å². The van der Waals surface area contributed by atoms with Crippen molar-refractivity contribution in [2.45, 2.75) is 25.8 Å². The maximum atomic E-state index is 12.6. The zero-order valence-electron chi connectivity index (χ0n) is 16.5. The molecule has 0 aromatic heterocycles. The van der Waals surface area contributed by atoms with Gasteiger partial charge in [-0.25, -0.2) is 0 Å². The van der Waals surface area contributed by atoms with Gasteiger partial charge < -0.3 is 24.3 Å². The van der Waals surface area contributed by atoms with E-state index in [9.17, 15) is 4.79 Å². The van der Waals surface area contributed by atoms with Crippen molar-refractivity contribution in [3.8, 4) is 23.0 Å². The van der Waals surface area contributed by atoms with E-state index < -0.39 is 0 Å². The van der Waals surface area contributed by atoms with Gasteiger partial charge in [0.15, 0.2) is 11.5 Å². The van der Waals surface area contributed by atoms with Crippen LogP contribution in [0.4, 0.5) is 0 Å². The molecular weight excluding hydrogens is 346 g/mol. The molecule has 6 nitrogen and oxygen atoms in total. The molecule has 1 unspecified atom stereocenters. The Morgan fingerprint density at radius 1 is 0.926 bits per heavy atom. The van der Waals surface area contributed by atoms with Crippen molar-refractivity contribution in [1.29, 1.82) is 0 Å². The minimum absolute atomic E-state index is 0.0953. The number of carbonyl (C=O) groups is 1. The number of hydrogen-bond donors (Lipinski definition) is 1. The Kier molecular flexibility index (Phi) is 7.34. The van der Waals surface area contributed by atoms with Crippen LogP contribution in [0.15, 0.2) is 36.4 Å². The van der Waals surface area contributed by atoms with Crippen LogP contribution in [0, 0.1) is 0 Å². The topological polar surface area (TPSA) is 66.0 Å². The first-order valence-corrected chi connectivity index (χ1v) is 8.79. The van der Waals surface area contributed by atoms with Crippen LogP contribution in [-0.4, -0.2) is 34.3 Å². The zero-order valence-corrected chi connectivity index (χ0v) is 16.5. The molecule has 2 aromatic rings. The summed E-state index contributed by atoms with van der Waals surface area (Å²) >= 11 is 0. The van der Waals surface area contributed by atoms with E-state index in [1.807, 2.05) is 31.2 Å². The van der Waals surface area contributed by atoms with E-state index in [0.717, 1.165) is 23.3 Å². The third-order valence-corrected chi connectivity index (χ3v) is 4.35. The van der Waals surface area contributed by atoms with E-state index >= 15 is 0 Å². The van der Waals surface area contributed by atoms with Crippen LogP contribution < -0.4 is 24.3 Å². The Labute approximate surface area is 160 Å². The smallest absolute Gasteiger partial charge is 0.224 e. The monoisotopic (exact) mass is 373 g/mol. The largest absolute Gasteiger partial charge is 0.496 e. The summed E-state index contributed by atoms with van der Waals surface area (Å²) in [4.78, 5) is 12.6. The predicted octanol–water partition coefficient (Wildman–Crippen LogP) is 3.53. The minimum atomic E-state index is -0.129. The lowest BCUT2D eigenvalue weighted by molar-refractivity contribution is -0.121. The van der Waals surface area contributed by atoms with Gasteiger partial charge in [-0.15, -0.1) is 0 Å². The second-order valence-electron chi connectivity index (χ2n) is 5.98. The zero-order chi connectivity index (χ0) is 19.8. The molecule has 0 aliphatic rings. The molecule has 0 heterocycles. The first-order valence-electron chi connectivity index (χ1n) is 8.79. The number of amides is 1. The summed E-state index contributed by atoms with van der Waals surface area (Å²) in [7, 11) is 6.28. The fourth-order valence-corrected chi connectivity index (χ4v) is 3.02. The number of carbonyl (C=O) groups excluding carboxylic acids is 1. The SMILES string of the molecule is CCC(NC(=O)Cc1cc(OC)c(OC)c(OC)c1)c1ccccc1OC. The van der Waals surface area contributed by atoms with Crippen molar-refractivity contribution in [3.05, 3.63) is 47.5 Å². The Hall–Kier alpha value is -2.89. The van der Waals surface area contributed by atoms with Gasteiger partial charge in [0.1, 0.15) is 5.75 Å². The standard InChI is InChI=1S/C21H27NO5/c1-6-16(15-9-7-8-10-17(15)24-2)22-20(23)13-14-11-18(25-3)21(27-5)19(12-14)26-4/h7-12,16H,6,13H2,1-5H3,(H,22,23). The molecule has 2 rings (SSSR count). The molecule has 0 radical (unpaired) electrons. The Balaban J connectivity index is 2.19. The number of nitrogens with one attached hydrogen (secondary N) is 1. The quantitative estimate of drug-likeness (QED) is 0.728. The average molecular weight is 373 g/mol. The number of para-hydroxylation sites is 1. The van der Waals surface area contributed by atoms with E-state index in [1.54, 1.807) is 40.6 Å². The van der Waals surface area contributed by atoms with Gasteiger partial charge >= 0.3 is 0 Å². The lowest BCUT2D eigenvalue weighted by Gasteiger charge is -2.20. The molecule has 1 atom stereocenters. The Morgan fingerprint density at radius 3 is 2.04 bits per heavy atom. The second kappa shape index (κ2) is 9.71. The Bertz CT molecular complexity index is 750. The number of rotatable bonds is 9. The number of methoxy groups -OCH3 is 4. The lowest BCUT2D eigenvalue weighted by Crippen LogP contribution is -2.29. The third-order valence-electron chi connectivity index (χ3n) is 4.35. The van der Waals surface area contributed by atoms with Crippen molar-refractivity contribution in [1.82, 2.24) is 5.32 Å². The van der Waals surface area contributed by atoms with Gasteiger partial charge in [0.05, 0.1) is 40.9 Å². The van der Waals surface area contributed by atoms with Gasteiger partial charge in [0.2, 0.25) is 11.7 Å². The van der Waals surface area contributed by atoms with Crippen LogP contribution in [-0.2, 0) is 11.2 Å². The van der Waals surface area contributed by atoms with E-state index in [2.05, 4.69) is 5.32 Å². The molecule has 0 saturated heterocycles. The van der Waals surface area contributed by atoms with Crippen molar-refractivity contribution >= 4 is 5.91 Å². The summed E-state index contributed by atoms with van der Waals surface area (Å²) in [5.74, 6) is 2.22. The highest BCUT2D eigenvalue weighted by molar-refractivity contribution is 5.79. The summed E-state index contributed by atoms with van der Waals surface area (Å²) in [6, 6.07) is 11.1. The first kappa shape index (κ1) is 20.4. The maximum absolute atomic E-state index is 12.6. The molecule has 0 aliphatic carbocycles. The van der Waals surface area contributed by atoms with Crippen LogP contribution in [0.25, 0.3) is 0 Å². The molecule has 1 amide bonds. The lowest BCUT2D eigenvalue weighted by atomic mass is 10.0. The normalized spacial score (nSPS) is 11.4. The summed E-state index contributed by atoms with van der Waals surface area (Å²) in [6.45, 7) is 2.02. The van der Waals surface area contributed by atoms with Crippen LogP contribution in [0.3, 0.4) is 0 Å². The fraction of sp³-hybridized carbons (Fsp3) is 0.381. The molecular formula is C21H27NO5. The molecule has 27 heavy (non-hydrogen) atoms. The predicted molar refractivity (Wildman–Crippen MR) is 104 cm³/mol. The van der Waals surface area contributed by atoms with Gasteiger partial charge in [-0.2, -0.15) is 0 Å². The van der Waals surface area contributed by atoms with Crippen molar-refractivity contribution < 1.29 is 23.7 Å². The van der Waals surface area contributed by atoms with Crippen LogP contribution in [0.2, 0.25) is 0 Å². The van der Waals surface area contributed by atoms with E-state index in [1.165, 1.54) is 0 Å². The molecule has 0 fully saturated rings. The summed E-state index contributed by atoms with van der Waals surface area (Å²) in [5, 5.41) is 3.08. The van der Waals surface area contributed by atoms with Crippen LogP contribution in [0.1, 0.15) is 30.5 Å². The molecule has 0 saturated carbocycles. The number of ether oxygens (including phenoxy) is 4. The van der Waals surface area contributed by atoms with Gasteiger partial charge in [-0.3, -0.25) is 4.79 Å². The van der Waals surface area contributed by atoms with Gasteiger partial charge in [-0.05, 0) is 30.2 Å². The molecule has 0 spiro atoms. The highest BCUT2D eigenvalue weighted by Gasteiger charge is 2.19. The van der Waals surface area contributed by atoms with Crippen LogP contribution >= 0.6 is 0 Å². The summed E-state index contributed by atoms with van der Waals surface area (Å²) in [5.41, 5.74) is 1.73. The fourth-order valence-electron chi connectivity index (χ4n) is 3.02. The molecule has 146 valence electrons. The molecule has 0 aliphatic heterocycles. The maximum Gasteiger partial charge on any atom is 0.224 e. The highest BCUT2D eigenvalue weighted by atomic mass is 16.5. The molecule has 1 N–H and O–H groups in total. The average Bonchev–Trinajstić information content (AvgIpc) is 2.71. The van der Waals surface area contributed by atoms with Gasteiger partial charge in [0.25, 0.3) is 0 Å². The minimum Gasteiger partial charge on any atom is -0.496 e. The summed E-state index contributed by atoms with van der Waals surface area (Å²) in [6.07, 6.45) is 0.948. The van der Waals surface area contributed by atoms with Crippen molar-refractivity contribution in [2.24, 2.45) is 0 Å². The first-order chi connectivity index (χ1) is 13.1. The number of hydrogen-bond acceptors (Lipinski definition) is 5. The van der Waals surface area contributed by atoms with Crippen molar-refractivity contribution in [3.63, 3.8) is 0 Å². The second-order valence-corrected chi connectivity index (χ2v) is 5.98. The van der Waals surface area contributed by atoms with Crippen LogP contribution in [0.5, 0.6) is 23.0 Å². The molecule has 2 aromatic carbocycles. The van der Waals surface area contributed by atoms with E-state index in [-0.39, 0.29) is 18.4 Å². The van der Waals surface area contributed by atoms with E-state index in [4.69, 9.17) is 18.9 Å². The Morgan fingerprint density at radius 2 is 1.52 bits per heavy atom.